The molecule has 2 rings (SSSR count). The van der Waals surface area contributed by atoms with Crippen LogP contribution in [-0.4, -0.2) is 16.9 Å². The predicted molar refractivity (Wildman–Crippen MR) is 89.8 cm³/mol. The SMILES string of the molecule is N=C(/C=C(/Cc1ncc(Cl)cc1F)Nc1ccc(C(F)(F)F)cc1)C(F)(F)F. The molecule has 0 saturated heterocycles. The van der Waals surface area contributed by atoms with Crippen molar-refractivity contribution in [3.05, 3.63) is 70.4 Å². The quantitative estimate of drug-likeness (QED) is 0.455. The smallest absolute Gasteiger partial charge is 0.359 e. The Kier molecular flexibility index (Phi) is 6.33. The summed E-state index contributed by atoms with van der Waals surface area (Å²) in [6.07, 6.45) is -8.52. The lowest BCUT2D eigenvalue weighted by Gasteiger charge is -2.14. The number of hydrogen-bond acceptors (Lipinski definition) is 3. The molecule has 0 aliphatic carbocycles. The van der Waals surface area contributed by atoms with Crippen LogP contribution in [0.2, 0.25) is 5.02 Å². The van der Waals surface area contributed by atoms with Gasteiger partial charge in [0, 0.05) is 24.0 Å². The highest BCUT2D eigenvalue weighted by Gasteiger charge is 2.33. The van der Waals surface area contributed by atoms with E-state index in [0.29, 0.717) is 6.08 Å². The molecule has 0 fully saturated rings. The Morgan fingerprint density at radius 1 is 1.11 bits per heavy atom. The van der Waals surface area contributed by atoms with E-state index in [2.05, 4.69) is 10.3 Å². The van der Waals surface area contributed by atoms with E-state index in [0.717, 1.165) is 36.5 Å². The summed E-state index contributed by atoms with van der Waals surface area (Å²) < 4.78 is 89.7. The summed E-state index contributed by atoms with van der Waals surface area (Å²) >= 11 is 5.57. The first-order valence-corrected chi connectivity index (χ1v) is 7.84. The number of anilines is 1. The van der Waals surface area contributed by atoms with Gasteiger partial charge in [0.1, 0.15) is 11.5 Å². The fraction of sp³-hybridized carbons (Fsp3) is 0.176. The molecule has 2 N–H and O–H groups in total. The van der Waals surface area contributed by atoms with E-state index < -0.39 is 35.9 Å². The number of rotatable bonds is 5. The van der Waals surface area contributed by atoms with Crippen molar-refractivity contribution in [3.63, 3.8) is 0 Å². The molecule has 1 aromatic carbocycles. The summed E-state index contributed by atoms with van der Waals surface area (Å²) in [5.41, 5.74) is -3.21. The molecular formula is C17H11ClF7N3. The second-order valence-electron chi connectivity index (χ2n) is 5.54. The summed E-state index contributed by atoms with van der Waals surface area (Å²) in [4.78, 5) is 3.69. The number of halogens is 8. The first kappa shape index (κ1) is 21.7. The van der Waals surface area contributed by atoms with Gasteiger partial charge in [0.2, 0.25) is 0 Å². The molecule has 0 unspecified atom stereocenters. The molecule has 2 aromatic rings. The number of nitrogens with zero attached hydrogens (tertiary/aromatic N) is 1. The molecule has 28 heavy (non-hydrogen) atoms. The minimum absolute atomic E-state index is 0.0172. The van der Waals surface area contributed by atoms with Crippen molar-refractivity contribution in [2.75, 3.05) is 5.32 Å². The Labute approximate surface area is 159 Å². The molecule has 0 bridgehead atoms. The van der Waals surface area contributed by atoms with Crippen molar-refractivity contribution in [1.29, 1.82) is 5.41 Å². The van der Waals surface area contributed by atoms with Gasteiger partial charge in [-0.1, -0.05) is 11.6 Å². The predicted octanol–water partition coefficient (Wildman–Crippen LogP) is 6.01. The molecule has 150 valence electrons. The molecule has 0 saturated carbocycles. The normalized spacial score (nSPS) is 12.8. The highest BCUT2D eigenvalue weighted by molar-refractivity contribution is 6.30. The van der Waals surface area contributed by atoms with Gasteiger partial charge in [-0.3, -0.25) is 10.4 Å². The zero-order valence-corrected chi connectivity index (χ0v) is 14.5. The van der Waals surface area contributed by atoms with Gasteiger partial charge in [-0.15, -0.1) is 0 Å². The largest absolute Gasteiger partial charge is 0.432 e. The fourth-order valence-electron chi connectivity index (χ4n) is 2.07. The van der Waals surface area contributed by atoms with Crippen LogP contribution in [0.3, 0.4) is 0 Å². The van der Waals surface area contributed by atoms with E-state index in [-0.39, 0.29) is 22.1 Å². The van der Waals surface area contributed by atoms with E-state index >= 15 is 0 Å². The molecule has 0 spiro atoms. The van der Waals surface area contributed by atoms with Gasteiger partial charge in [0.25, 0.3) is 0 Å². The molecule has 11 heteroatoms. The van der Waals surface area contributed by atoms with Crippen molar-refractivity contribution >= 4 is 23.0 Å². The third-order valence-corrected chi connectivity index (χ3v) is 3.59. The van der Waals surface area contributed by atoms with Crippen LogP contribution in [0, 0.1) is 11.2 Å². The molecule has 0 aliphatic rings. The van der Waals surface area contributed by atoms with Crippen molar-refractivity contribution in [2.24, 2.45) is 0 Å². The molecule has 0 atom stereocenters. The maximum atomic E-state index is 13.9. The number of allylic oxidation sites excluding steroid dienone is 2. The van der Waals surface area contributed by atoms with Gasteiger partial charge < -0.3 is 5.32 Å². The average Bonchev–Trinajstić information content (AvgIpc) is 2.56. The second kappa shape index (κ2) is 8.17. The Morgan fingerprint density at radius 2 is 1.71 bits per heavy atom. The first-order valence-electron chi connectivity index (χ1n) is 7.47. The number of hydrogen-bond donors (Lipinski definition) is 2. The second-order valence-corrected chi connectivity index (χ2v) is 5.98. The van der Waals surface area contributed by atoms with Crippen molar-refractivity contribution in [1.82, 2.24) is 4.98 Å². The number of alkyl halides is 6. The van der Waals surface area contributed by atoms with Crippen molar-refractivity contribution < 1.29 is 30.7 Å². The highest BCUT2D eigenvalue weighted by atomic mass is 35.5. The zero-order valence-electron chi connectivity index (χ0n) is 13.7. The van der Waals surface area contributed by atoms with Crippen LogP contribution in [-0.2, 0) is 12.6 Å². The van der Waals surface area contributed by atoms with Gasteiger partial charge in [0.15, 0.2) is 0 Å². The number of benzene rings is 1. The summed E-state index contributed by atoms with van der Waals surface area (Å²) in [6.45, 7) is 0. The van der Waals surface area contributed by atoms with E-state index in [1.165, 1.54) is 0 Å². The van der Waals surface area contributed by atoms with E-state index in [9.17, 15) is 30.7 Å². The summed E-state index contributed by atoms with van der Waals surface area (Å²) in [5.74, 6) is -0.883. The van der Waals surface area contributed by atoms with Crippen LogP contribution in [0.5, 0.6) is 0 Å². The third kappa shape index (κ3) is 5.95. The van der Waals surface area contributed by atoms with Crippen LogP contribution in [0.4, 0.5) is 36.4 Å². The minimum atomic E-state index is -4.96. The maximum Gasteiger partial charge on any atom is 0.432 e. The van der Waals surface area contributed by atoms with Gasteiger partial charge in [-0.2, -0.15) is 26.3 Å². The van der Waals surface area contributed by atoms with Gasteiger partial charge in [0.05, 0.1) is 16.3 Å². The zero-order chi connectivity index (χ0) is 21.1. The van der Waals surface area contributed by atoms with Crippen LogP contribution < -0.4 is 5.32 Å². The van der Waals surface area contributed by atoms with Crippen LogP contribution in [0.25, 0.3) is 0 Å². The van der Waals surface area contributed by atoms with E-state index in [4.69, 9.17) is 17.0 Å². The Bertz CT molecular complexity index is 887. The van der Waals surface area contributed by atoms with E-state index in [1.54, 1.807) is 0 Å². The van der Waals surface area contributed by atoms with Crippen LogP contribution >= 0.6 is 11.6 Å². The molecule has 0 aliphatic heterocycles. The third-order valence-electron chi connectivity index (χ3n) is 3.38. The standard InChI is InChI=1S/C17H11ClF7N3/c18-10-5-13(19)14(27-8-10)6-12(7-15(26)17(23,24)25)28-11-3-1-9(2-4-11)16(20,21)22/h1-5,7-8,26,28H,6H2/b12-7-,26-15?. The molecule has 0 amide bonds. The number of nitrogens with one attached hydrogen (secondary N) is 2. The summed E-state index contributed by atoms with van der Waals surface area (Å²) in [7, 11) is 0. The first-order chi connectivity index (χ1) is 12.9. The molecule has 1 heterocycles. The van der Waals surface area contributed by atoms with Crippen molar-refractivity contribution in [3.8, 4) is 0 Å². The molecule has 3 nitrogen and oxygen atoms in total. The topological polar surface area (TPSA) is 48.8 Å². The lowest BCUT2D eigenvalue weighted by atomic mass is 10.1. The van der Waals surface area contributed by atoms with Crippen molar-refractivity contribution in [2.45, 2.75) is 18.8 Å². The summed E-state index contributed by atoms with van der Waals surface area (Å²) in [6, 6.07) is 4.38. The fourth-order valence-corrected chi connectivity index (χ4v) is 2.21. The Hall–Kier alpha value is -2.62. The maximum absolute atomic E-state index is 13.9. The lowest BCUT2D eigenvalue weighted by molar-refractivity contribution is -0.137. The molecular weight excluding hydrogens is 415 g/mol. The average molecular weight is 426 g/mol. The number of aromatic nitrogens is 1. The van der Waals surface area contributed by atoms with Gasteiger partial charge in [-0.25, -0.2) is 4.39 Å². The van der Waals surface area contributed by atoms with Gasteiger partial charge >= 0.3 is 12.4 Å². The number of pyridine rings is 1. The lowest BCUT2D eigenvalue weighted by Crippen LogP contribution is -2.21. The molecule has 1 aromatic heterocycles. The van der Waals surface area contributed by atoms with Crippen LogP contribution in [0.15, 0.2) is 48.3 Å². The monoisotopic (exact) mass is 425 g/mol. The Balaban J connectivity index is 2.33. The van der Waals surface area contributed by atoms with Crippen LogP contribution in [0.1, 0.15) is 11.3 Å². The van der Waals surface area contributed by atoms with E-state index in [1.807, 2.05) is 0 Å². The Morgan fingerprint density at radius 3 is 2.21 bits per heavy atom. The summed E-state index contributed by atoms with van der Waals surface area (Å²) in [5, 5.41) is 9.52. The molecule has 0 radical (unpaired) electrons. The minimum Gasteiger partial charge on any atom is -0.359 e. The highest BCUT2D eigenvalue weighted by Crippen LogP contribution is 2.30. The van der Waals surface area contributed by atoms with Gasteiger partial charge in [-0.05, 0) is 36.4 Å².